The van der Waals surface area contributed by atoms with Crippen LogP contribution in [0.15, 0.2) is 18.2 Å². The highest BCUT2D eigenvalue weighted by molar-refractivity contribution is 5.90. The van der Waals surface area contributed by atoms with Crippen LogP contribution in [0.5, 0.6) is 0 Å². The second-order valence-corrected chi connectivity index (χ2v) is 7.06. The number of benzene rings is 1. The Morgan fingerprint density at radius 1 is 1.33 bits per heavy atom. The summed E-state index contributed by atoms with van der Waals surface area (Å²) in [6.07, 6.45) is 1.22. The first-order valence-corrected chi connectivity index (χ1v) is 7.28. The SMILES string of the molecule is CC(C)(C)OC(=O)c1ccc2c(c1)C[C@@H]1CC(=O)O[C@]21C. The van der Waals surface area contributed by atoms with Crippen molar-refractivity contribution >= 4 is 11.9 Å². The van der Waals surface area contributed by atoms with Crippen molar-refractivity contribution in [3.63, 3.8) is 0 Å². The molecule has 1 aromatic carbocycles. The molecule has 1 heterocycles. The molecule has 4 heteroatoms. The average molecular weight is 288 g/mol. The van der Waals surface area contributed by atoms with E-state index in [2.05, 4.69) is 0 Å². The number of hydrogen-bond donors (Lipinski definition) is 0. The summed E-state index contributed by atoms with van der Waals surface area (Å²) >= 11 is 0. The lowest BCUT2D eigenvalue weighted by Crippen LogP contribution is -2.25. The van der Waals surface area contributed by atoms with Crippen molar-refractivity contribution in [2.24, 2.45) is 5.92 Å². The van der Waals surface area contributed by atoms with Crippen LogP contribution in [0.3, 0.4) is 0 Å². The predicted octanol–water partition coefficient (Wildman–Crippen LogP) is 2.98. The van der Waals surface area contributed by atoms with Gasteiger partial charge in [0.1, 0.15) is 11.2 Å². The summed E-state index contributed by atoms with van der Waals surface area (Å²) in [5.74, 6) is -0.275. The van der Waals surface area contributed by atoms with Gasteiger partial charge in [-0.25, -0.2) is 4.79 Å². The van der Waals surface area contributed by atoms with Gasteiger partial charge < -0.3 is 9.47 Å². The fourth-order valence-electron chi connectivity index (χ4n) is 3.28. The summed E-state index contributed by atoms with van der Waals surface area (Å²) < 4.78 is 10.9. The van der Waals surface area contributed by atoms with Crippen LogP contribution >= 0.6 is 0 Å². The van der Waals surface area contributed by atoms with Crippen LogP contribution in [0.25, 0.3) is 0 Å². The summed E-state index contributed by atoms with van der Waals surface area (Å²) in [7, 11) is 0. The fraction of sp³-hybridized carbons (Fsp3) is 0.529. The normalized spacial score (nSPS) is 27.0. The van der Waals surface area contributed by atoms with E-state index in [9.17, 15) is 9.59 Å². The van der Waals surface area contributed by atoms with Crippen molar-refractivity contribution in [3.8, 4) is 0 Å². The second-order valence-electron chi connectivity index (χ2n) is 7.06. The first-order valence-electron chi connectivity index (χ1n) is 7.28. The third kappa shape index (κ3) is 2.33. The van der Waals surface area contributed by atoms with E-state index in [1.807, 2.05) is 39.8 Å². The molecule has 2 atom stereocenters. The van der Waals surface area contributed by atoms with Gasteiger partial charge in [0.25, 0.3) is 0 Å². The molecule has 0 saturated carbocycles. The summed E-state index contributed by atoms with van der Waals surface area (Å²) in [6, 6.07) is 5.53. The summed E-state index contributed by atoms with van der Waals surface area (Å²) in [4.78, 5) is 23.6. The third-order valence-corrected chi connectivity index (χ3v) is 4.26. The van der Waals surface area contributed by atoms with Crippen molar-refractivity contribution in [3.05, 3.63) is 34.9 Å². The number of rotatable bonds is 1. The first kappa shape index (κ1) is 14.1. The average Bonchev–Trinajstić information content (AvgIpc) is 2.75. The molecule has 1 aliphatic carbocycles. The number of carbonyl (C=O) groups excluding carboxylic acids is 2. The van der Waals surface area contributed by atoms with Crippen molar-refractivity contribution in [2.45, 2.75) is 51.7 Å². The van der Waals surface area contributed by atoms with E-state index in [0.29, 0.717) is 12.0 Å². The number of esters is 2. The Kier molecular flexibility index (Phi) is 2.91. The van der Waals surface area contributed by atoms with Crippen LogP contribution in [-0.4, -0.2) is 17.5 Å². The van der Waals surface area contributed by atoms with Gasteiger partial charge in [-0.05, 0) is 57.4 Å². The summed E-state index contributed by atoms with van der Waals surface area (Å²) in [6.45, 7) is 7.51. The number of carbonyl (C=O) groups is 2. The minimum Gasteiger partial charge on any atom is -0.456 e. The minimum absolute atomic E-state index is 0.135. The van der Waals surface area contributed by atoms with Gasteiger partial charge in [0, 0.05) is 5.92 Å². The Balaban J connectivity index is 1.90. The first-order chi connectivity index (χ1) is 9.69. The van der Waals surface area contributed by atoms with Gasteiger partial charge in [-0.15, -0.1) is 0 Å². The topological polar surface area (TPSA) is 52.6 Å². The second kappa shape index (κ2) is 4.33. The quantitative estimate of drug-likeness (QED) is 0.745. The zero-order valence-electron chi connectivity index (χ0n) is 12.9. The van der Waals surface area contributed by atoms with E-state index in [-0.39, 0.29) is 17.9 Å². The monoisotopic (exact) mass is 288 g/mol. The molecule has 0 unspecified atom stereocenters. The molecule has 21 heavy (non-hydrogen) atoms. The Morgan fingerprint density at radius 2 is 2.05 bits per heavy atom. The van der Waals surface area contributed by atoms with E-state index in [1.165, 1.54) is 0 Å². The van der Waals surface area contributed by atoms with Crippen molar-refractivity contribution in [1.29, 1.82) is 0 Å². The van der Waals surface area contributed by atoms with Crippen molar-refractivity contribution in [2.75, 3.05) is 0 Å². The lowest BCUT2D eigenvalue weighted by molar-refractivity contribution is -0.148. The molecule has 112 valence electrons. The van der Waals surface area contributed by atoms with Crippen LogP contribution in [0.4, 0.5) is 0 Å². The van der Waals surface area contributed by atoms with Crippen molar-refractivity contribution < 1.29 is 19.1 Å². The van der Waals surface area contributed by atoms with E-state index >= 15 is 0 Å². The Hall–Kier alpha value is -1.84. The zero-order valence-corrected chi connectivity index (χ0v) is 12.9. The molecule has 3 rings (SSSR count). The van der Waals surface area contributed by atoms with E-state index in [4.69, 9.17) is 9.47 Å². The van der Waals surface area contributed by atoms with Crippen LogP contribution in [0.2, 0.25) is 0 Å². The molecule has 1 aromatic rings. The van der Waals surface area contributed by atoms with Gasteiger partial charge in [-0.3, -0.25) is 4.79 Å². The van der Waals surface area contributed by atoms with Gasteiger partial charge in [0.05, 0.1) is 12.0 Å². The van der Waals surface area contributed by atoms with Crippen LogP contribution in [-0.2, 0) is 26.3 Å². The molecule has 0 bridgehead atoms. The van der Waals surface area contributed by atoms with Crippen molar-refractivity contribution in [1.82, 2.24) is 0 Å². The Morgan fingerprint density at radius 3 is 2.71 bits per heavy atom. The number of hydrogen-bond acceptors (Lipinski definition) is 4. The number of fused-ring (bicyclic) bond motifs is 3. The van der Waals surface area contributed by atoms with E-state index in [1.54, 1.807) is 6.07 Å². The van der Waals surface area contributed by atoms with E-state index < -0.39 is 11.2 Å². The molecule has 1 fully saturated rings. The lowest BCUT2D eigenvalue weighted by Gasteiger charge is -2.24. The zero-order chi connectivity index (χ0) is 15.4. The molecule has 0 N–H and O–H groups in total. The Labute approximate surface area is 124 Å². The molecule has 0 amide bonds. The van der Waals surface area contributed by atoms with Crippen LogP contribution in [0, 0.1) is 5.92 Å². The molecule has 1 aliphatic heterocycles. The largest absolute Gasteiger partial charge is 0.456 e. The van der Waals surface area contributed by atoms with E-state index in [0.717, 1.165) is 17.5 Å². The number of ether oxygens (including phenoxy) is 2. The summed E-state index contributed by atoms with van der Waals surface area (Å²) in [5, 5.41) is 0. The van der Waals surface area contributed by atoms with Crippen LogP contribution < -0.4 is 0 Å². The minimum atomic E-state index is -0.529. The van der Waals surface area contributed by atoms with Gasteiger partial charge in [-0.2, -0.15) is 0 Å². The highest BCUT2D eigenvalue weighted by Crippen LogP contribution is 2.50. The fourth-order valence-corrected chi connectivity index (χ4v) is 3.28. The molecule has 2 aliphatic rings. The molecule has 0 radical (unpaired) electrons. The molecule has 0 spiro atoms. The highest BCUT2D eigenvalue weighted by Gasteiger charge is 2.52. The molecule has 4 nitrogen and oxygen atoms in total. The van der Waals surface area contributed by atoms with Gasteiger partial charge >= 0.3 is 11.9 Å². The standard InChI is InChI=1S/C17H20O4/c1-16(2,3)21-15(19)10-5-6-13-11(7-10)8-12-9-14(18)20-17(12,13)4/h5-7,12H,8-9H2,1-4H3/t12-,17+/m1/s1. The summed E-state index contributed by atoms with van der Waals surface area (Å²) in [5.41, 5.74) is 1.62. The van der Waals surface area contributed by atoms with Gasteiger partial charge in [0.2, 0.25) is 0 Å². The molecule has 0 aromatic heterocycles. The van der Waals surface area contributed by atoms with Crippen LogP contribution in [0.1, 0.15) is 55.6 Å². The predicted molar refractivity (Wildman–Crippen MR) is 76.9 cm³/mol. The van der Waals surface area contributed by atoms with Gasteiger partial charge in [0.15, 0.2) is 0 Å². The maximum atomic E-state index is 12.1. The molecular weight excluding hydrogens is 268 g/mol. The molecule has 1 saturated heterocycles. The smallest absolute Gasteiger partial charge is 0.338 e. The maximum Gasteiger partial charge on any atom is 0.338 e. The highest BCUT2D eigenvalue weighted by atomic mass is 16.6. The van der Waals surface area contributed by atoms with Gasteiger partial charge in [-0.1, -0.05) is 6.07 Å². The maximum absolute atomic E-state index is 12.1. The molecular formula is C17H20O4. The third-order valence-electron chi connectivity index (χ3n) is 4.26. The Bertz CT molecular complexity index is 626. The lowest BCUT2D eigenvalue weighted by atomic mass is 9.89.